The molecule has 0 aromatic carbocycles. The Balaban J connectivity index is 4.08. The molecule has 0 aromatic heterocycles. The van der Waals surface area contributed by atoms with E-state index in [1.807, 2.05) is 19.1 Å². The first-order chi connectivity index (χ1) is 6.61. The van der Waals surface area contributed by atoms with Crippen LogP contribution in [0.5, 0.6) is 0 Å². The first-order valence-corrected chi connectivity index (χ1v) is 4.73. The molecule has 80 valence electrons. The lowest BCUT2D eigenvalue weighted by Crippen LogP contribution is -2.15. The van der Waals surface area contributed by atoms with Gasteiger partial charge >= 0.3 is 5.97 Å². The summed E-state index contributed by atoms with van der Waals surface area (Å²) < 4.78 is 10.2. The summed E-state index contributed by atoms with van der Waals surface area (Å²) in [5.41, 5.74) is 0. The monoisotopic (exact) mass is 198 g/mol. The second-order valence-electron chi connectivity index (χ2n) is 2.99. The SMILES string of the molecule is C/C=C(\OC/C=C/C)C(=O)OC(C)C. The van der Waals surface area contributed by atoms with E-state index in [1.165, 1.54) is 0 Å². The van der Waals surface area contributed by atoms with Crippen molar-refractivity contribution in [2.75, 3.05) is 6.61 Å². The summed E-state index contributed by atoms with van der Waals surface area (Å²) in [6.07, 6.45) is 5.17. The number of hydrogen-bond acceptors (Lipinski definition) is 3. The van der Waals surface area contributed by atoms with E-state index in [0.717, 1.165) is 0 Å². The van der Waals surface area contributed by atoms with Crippen LogP contribution in [0.4, 0.5) is 0 Å². The Morgan fingerprint density at radius 1 is 1.36 bits per heavy atom. The molecule has 0 bridgehead atoms. The van der Waals surface area contributed by atoms with Gasteiger partial charge in [0.2, 0.25) is 5.76 Å². The summed E-state index contributed by atoms with van der Waals surface area (Å²) in [6, 6.07) is 0. The molecule has 0 aromatic rings. The van der Waals surface area contributed by atoms with Crippen LogP contribution in [0.25, 0.3) is 0 Å². The minimum Gasteiger partial charge on any atom is -0.483 e. The molecule has 0 saturated heterocycles. The third-order valence-corrected chi connectivity index (χ3v) is 1.38. The zero-order chi connectivity index (χ0) is 11.0. The summed E-state index contributed by atoms with van der Waals surface area (Å²) in [6.45, 7) is 7.63. The van der Waals surface area contributed by atoms with Gasteiger partial charge in [-0.05, 0) is 33.8 Å². The maximum atomic E-state index is 11.3. The van der Waals surface area contributed by atoms with E-state index < -0.39 is 5.97 Å². The van der Waals surface area contributed by atoms with Gasteiger partial charge < -0.3 is 9.47 Å². The number of carbonyl (C=O) groups excluding carboxylic acids is 1. The predicted octanol–water partition coefficient (Wildman–Crippen LogP) is 2.43. The molecule has 0 atom stereocenters. The molecule has 0 unspecified atom stereocenters. The fourth-order valence-corrected chi connectivity index (χ4v) is 0.766. The quantitative estimate of drug-likeness (QED) is 0.294. The van der Waals surface area contributed by atoms with Crippen molar-refractivity contribution in [2.24, 2.45) is 0 Å². The zero-order valence-corrected chi connectivity index (χ0v) is 9.24. The standard InChI is InChI=1S/C11H18O3/c1-5-7-8-13-10(6-2)11(12)14-9(3)4/h5-7,9H,8H2,1-4H3/b7-5+,10-6-. The van der Waals surface area contributed by atoms with Gasteiger partial charge in [-0.15, -0.1) is 0 Å². The number of allylic oxidation sites excluding steroid dienone is 2. The molecule has 0 spiro atoms. The largest absolute Gasteiger partial charge is 0.483 e. The minimum atomic E-state index is -0.410. The maximum absolute atomic E-state index is 11.3. The second kappa shape index (κ2) is 7.18. The highest BCUT2D eigenvalue weighted by Crippen LogP contribution is 2.03. The van der Waals surface area contributed by atoms with Gasteiger partial charge in [0.15, 0.2) is 0 Å². The Hall–Kier alpha value is -1.25. The third-order valence-electron chi connectivity index (χ3n) is 1.38. The van der Waals surface area contributed by atoms with Crippen LogP contribution in [-0.2, 0) is 14.3 Å². The van der Waals surface area contributed by atoms with Crippen molar-refractivity contribution < 1.29 is 14.3 Å². The van der Waals surface area contributed by atoms with Gasteiger partial charge in [-0.2, -0.15) is 0 Å². The molecule has 0 saturated carbocycles. The van der Waals surface area contributed by atoms with Crippen molar-refractivity contribution in [3.63, 3.8) is 0 Å². The van der Waals surface area contributed by atoms with Gasteiger partial charge in [0, 0.05) is 0 Å². The molecule has 0 N–H and O–H groups in total. The van der Waals surface area contributed by atoms with Gasteiger partial charge in [-0.1, -0.05) is 12.2 Å². The highest BCUT2D eigenvalue weighted by atomic mass is 16.6. The molecule has 0 amide bonds. The molecule has 0 aliphatic rings. The highest BCUT2D eigenvalue weighted by Gasteiger charge is 2.12. The fraction of sp³-hybridized carbons (Fsp3) is 0.545. The van der Waals surface area contributed by atoms with Crippen LogP contribution in [0, 0.1) is 0 Å². The Morgan fingerprint density at radius 3 is 2.43 bits per heavy atom. The topological polar surface area (TPSA) is 35.5 Å². The molecule has 0 rings (SSSR count). The average Bonchev–Trinajstić information content (AvgIpc) is 2.11. The maximum Gasteiger partial charge on any atom is 0.373 e. The molecule has 0 heterocycles. The van der Waals surface area contributed by atoms with E-state index in [4.69, 9.17) is 9.47 Å². The molecule has 3 nitrogen and oxygen atoms in total. The smallest absolute Gasteiger partial charge is 0.373 e. The number of esters is 1. The average molecular weight is 198 g/mol. The van der Waals surface area contributed by atoms with Gasteiger partial charge in [-0.3, -0.25) is 0 Å². The van der Waals surface area contributed by atoms with E-state index in [2.05, 4.69) is 0 Å². The summed E-state index contributed by atoms with van der Waals surface area (Å²) in [4.78, 5) is 11.3. The first kappa shape index (κ1) is 12.8. The van der Waals surface area contributed by atoms with Crippen LogP contribution >= 0.6 is 0 Å². The summed E-state index contributed by atoms with van der Waals surface area (Å²) in [5, 5.41) is 0. The molecule has 0 aliphatic carbocycles. The van der Waals surface area contributed by atoms with Crippen LogP contribution < -0.4 is 0 Å². The first-order valence-electron chi connectivity index (χ1n) is 4.73. The van der Waals surface area contributed by atoms with Crippen LogP contribution in [0.15, 0.2) is 24.0 Å². The normalized spacial score (nSPS) is 12.2. The van der Waals surface area contributed by atoms with Crippen molar-refractivity contribution in [1.82, 2.24) is 0 Å². The second-order valence-corrected chi connectivity index (χ2v) is 2.99. The minimum absolute atomic E-state index is 0.122. The van der Waals surface area contributed by atoms with Crippen LogP contribution in [0.2, 0.25) is 0 Å². The number of rotatable bonds is 5. The Labute approximate surface area is 85.4 Å². The van der Waals surface area contributed by atoms with E-state index in [0.29, 0.717) is 6.61 Å². The number of hydrogen-bond donors (Lipinski definition) is 0. The van der Waals surface area contributed by atoms with Gasteiger partial charge in [0.05, 0.1) is 6.10 Å². The molecule has 0 fully saturated rings. The Morgan fingerprint density at radius 2 is 2.00 bits per heavy atom. The van der Waals surface area contributed by atoms with Crippen molar-refractivity contribution >= 4 is 5.97 Å². The lowest BCUT2D eigenvalue weighted by molar-refractivity contribution is -0.146. The van der Waals surface area contributed by atoms with Crippen molar-refractivity contribution in [1.29, 1.82) is 0 Å². The molecule has 0 radical (unpaired) electrons. The molecule has 0 aliphatic heterocycles. The van der Waals surface area contributed by atoms with E-state index in [1.54, 1.807) is 26.8 Å². The van der Waals surface area contributed by atoms with Crippen molar-refractivity contribution in [3.05, 3.63) is 24.0 Å². The van der Waals surface area contributed by atoms with Gasteiger partial charge in [-0.25, -0.2) is 4.79 Å². The summed E-state index contributed by atoms with van der Waals surface area (Å²) in [7, 11) is 0. The number of carbonyl (C=O) groups is 1. The molecular formula is C11H18O3. The Kier molecular flexibility index (Phi) is 6.54. The molecular weight excluding hydrogens is 180 g/mol. The summed E-state index contributed by atoms with van der Waals surface area (Å²) >= 11 is 0. The zero-order valence-electron chi connectivity index (χ0n) is 9.24. The van der Waals surface area contributed by atoms with Crippen LogP contribution in [-0.4, -0.2) is 18.7 Å². The molecule has 3 heteroatoms. The van der Waals surface area contributed by atoms with Gasteiger partial charge in [0.1, 0.15) is 6.61 Å². The number of ether oxygens (including phenoxy) is 2. The highest BCUT2D eigenvalue weighted by molar-refractivity contribution is 5.86. The van der Waals surface area contributed by atoms with Crippen molar-refractivity contribution in [3.8, 4) is 0 Å². The lowest BCUT2D eigenvalue weighted by atomic mass is 10.4. The van der Waals surface area contributed by atoms with E-state index in [9.17, 15) is 4.79 Å². The predicted molar refractivity (Wildman–Crippen MR) is 55.8 cm³/mol. The third kappa shape index (κ3) is 5.41. The van der Waals surface area contributed by atoms with Gasteiger partial charge in [0.25, 0.3) is 0 Å². The van der Waals surface area contributed by atoms with Crippen molar-refractivity contribution in [2.45, 2.75) is 33.8 Å². The van der Waals surface area contributed by atoms with E-state index >= 15 is 0 Å². The summed E-state index contributed by atoms with van der Waals surface area (Å²) in [5.74, 6) is -0.149. The molecule has 14 heavy (non-hydrogen) atoms. The van der Waals surface area contributed by atoms with Crippen LogP contribution in [0.1, 0.15) is 27.7 Å². The lowest BCUT2D eigenvalue weighted by Gasteiger charge is -2.10. The van der Waals surface area contributed by atoms with Crippen LogP contribution in [0.3, 0.4) is 0 Å². The van der Waals surface area contributed by atoms with E-state index in [-0.39, 0.29) is 11.9 Å². The Bertz CT molecular complexity index is 227. The fourth-order valence-electron chi connectivity index (χ4n) is 0.766.